The van der Waals surface area contributed by atoms with Crippen molar-refractivity contribution in [1.29, 1.82) is 5.26 Å². The van der Waals surface area contributed by atoms with Crippen LogP contribution in [0.5, 0.6) is 5.75 Å². The monoisotopic (exact) mass is 316 g/mol. The van der Waals surface area contributed by atoms with Crippen molar-refractivity contribution in [1.82, 2.24) is 10.2 Å². The highest BCUT2D eigenvalue weighted by Crippen LogP contribution is 2.22. The maximum absolute atomic E-state index is 12.5. The predicted octanol–water partition coefficient (Wildman–Crippen LogP) is 0.334. The number of nitrogens with one attached hydrogen (secondary N) is 1. The minimum Gasteiger partial charge on any atom is -0.619 e. The van der Waals surface area contributed by atoms with Crippen LogP contribution in [0.3, 0.4) is 0 Å². The second-order valence-corrected chi connectivity index (χ2v) is 6.02. The van der Waals surface area contributed by atoms with Crippen molar-refractivity contribution < 1.29 is 14.3 Å². The van der Waals surface area contributed by atoms with Gasteiger partial charge in [-0.05, 0) is 31.7 Å². The van der Waals surface area contributed by atoms with Crippen molar-refractivity contribution >= 4 is 5.91 Å². The maximum Gasteiger partial charge on any atom is 0.240 e. The molecule has 7 nitrogen and oxygen atoms in total. The molecule has 0 spiro atoms. The molecule has 2 aliphatic heterocycles. The number of carbonyl (C=O) groups excluding carboxylic acids is 1. The van der Waals surface area contributed by atoms with E-state index in [4.69, 9.17) is 10.00 Å². The Kier molecular flexibility index (Phi) is 4.63. The highest BCUT2D eigenvalue weighted by Gasteiger charge is 2.36. The van der Waals surface area contributed by atoms with Gasteiger partial charge in [0, 0.05) is 18.7 Å². The minimum atomic E-state index is -0.281. The molecule has 2 aliphatic rings. The van der Waals surface area contributed by atoms with Gasteiger partial charge in [-0.2, -0.15) is 9.99 Å². The molecule has 3 rings (SSSR count). The summed E-state index contributed by atoms with van der Waals surface area (Å²) in [5.74, 6) is 0.539. The molecule has 1 aromatic heterocycles. The molecule has 3 heterocycles. The van der Waals surface area contributed by atoms with Crippen molar-refractivity contribution in [2.45, 2.75) is 43.8 Å². The molecule has 23 heavy (non-hydrogen) atoms. The number of ether oxygens (including phenoxy) is 1. The van der Waals surface area contributed by atoms with Crippen LogP contribution in [-0.4, -0.2) is 42.1 Å². The second kappa shape index (κ2) is 6.84. The number of aromatic nitrogens is 1. The first-order valence-corrected chi connectivity index (χ1v) is 7.95. The van der Waals surface area contributed by atoms with Gasteiger partial charge in [-0.3, -0.25) is 10.1 Å². The van der Waals surface area contributed by atoms with Crippen LogP contribution in [-0.2, 0) is 4.79 Å². The van der Waals surface area contributed by atoms with E-state index in [1.165, 1.54) is 12.4 Å². The van der Waals surface area contributed by atoms with E-state index in [1.807, 2.05) is 0 Å². The molecule has 0 radical (unpaired) electrons. The molecular weight excluding hydrogens is 296 g/mol. The molecule has 1 aromatic rings. The van der Waals surface area contributed by atoms with Crippen LogP contribution in [0.4, 0.5) is 0 Å². The average Bonchev–Trinajstić information content (AvgIpc) is 3.21. The normalized spacial score (nSPS) is 26.9. The summed E-state index contributed by atoms with van der Waals surface area (Å²) in [4.78, 5) is 14.2. The van der Waals surface area contributed by atoms with Crippen LogP contribution in [0.2, 0.25) is 0 Å². The number of hydrogen-bond donors (Lipinski definition) is 1. The Morgan fingerprint density at radius 2 is 2.39 bits per heavy atom. The number of amides is 1. The summed E-state index contributed by atoms with van der Waals surface area (Å²) >= 11 is 0. The fourth-order valence-corrected chi connectivity index (χ4v) is 3.23. The van der Waals surface area contributed by atoms with Crippen LogP contribution in [0, 0.1) is 16.5 Å². The van der Waals surface area contributed by atoms with E-state index in [9.17, 15) is 10.0 Å². The zero-order chi connectivity index (χ0) is 16.2. The Hall–Kier alpha value is -2.33. The quantitative estimate of drug-likeness (QED) is 0.638. The molecule has 2 saturated heterocycles. The molecule has 1 N–H and O–H groups in total. The summed E-state index contributed by atoms with van der Waals surface area (Å²) in [6.07, 6.45) is 6.02. The summed E-state index contributed by atoms with van der Waals surface area (Å²) in [6.45, 7) is 1.08. The molecule has 122 valence electrons. The van der Waals surface area contributed by atoms with Crippen LogP contribution >= 0.6 is 0 Å². The molecule has 0 aromatic carbocycles. The lowest BCUT2D eigenvalue weighted by atomic mass is 10.1. The van der Waals surface area contributed by atoms with Gasteiger partial charge in [0.1, 0.15) is 12.6 Å². The number of carbonyl (C=O) groups is 1. The maximum atomic E-state index is 12.5. The highest BCUT2D eigenvalue weighted by molar-refractivity contribution is 5.83. The molecule has 2 fully saturated rings. The summed E-state index contributed by atoms with van der Waals surface area (Å²) in [6, 6.07) is 5.12. The largest absolute Gasteiger partial charge is 0.619 e. The van der Waals surface area contributed by atoms with Gasteiger partial charge in [-0.15, -0.1) is 0 Å². The van der Waals surface area contributed by atoms with Crippen LogP contribution in [0.25, 0.3) is 0 Å². The third-order valence-electron chi connectivity index (χ3n) is 4.42. The third kappa shape index (κ3) is 3.54. The average molecular weight is 316 g/mol. The lowest BCUT2D eigenvalue weighted by molar-refractivity contribution is -0.605. The number of rotatable bonds is 4. The van der Waals surface area contributed by atoms with Gasteiger partial charge in [-0.1, -0.05) is 0 Å². The van der Waals surface area contributed by atoms with E-state index in [1.54, 1.807) is 17.0 Å². The summed E-state index contributed by atoms with van der Waals surface area (Å²) in [5.41, 5.74) is 0. The zero-order valence-corrected chi connectivity index (χ0v) is 12.9. The third-order valence-corrected chi connectivity index (χ3v) is 4.42. The van der Waals surface area contributed by atoms with Crippen molar-refractivity contribution in [2.24, 2.45) is 0 Å². The second-order valence-electron chi connectivity index (χ2n) is 6.02. The fraction of sp³-hybridized carbons (Fsp3) is 0.562. The summed E-state index contributed by atoms with van der Waals surface area (Å²) < 4.78 is 6.30. The first-order valence-electron chi connectivity index (χ1n) is 7.95. The molecule has 1 amide bonds. The minimum absolute atomic E-state index is 0.0219. The topological polar surface area (TPSA) is 92.3 Å². The Balaban J connectivity index is 1.50. The van der Waals surface area contributed by atoms with Gasteiger partial charge in [0.15, 0.2) is 11.9 Å². The number of likely N-dealkylation sites (tertiary alicyclic amines) is 1. The first kappa shape index (κ1) is 15.6. The van der Waals surface area contributed by atoms with Gasteiger partial charge in [0.2, 0.25) is 12.1 Å². The van der Waals surface area contributed by atoms with E-state index < -0.39 is 0 Å². The molecule has 0 bridgehead atoms. The van der Waals surface area contributed by atoms with Gasteiger partial charge >= 0.3 is 0 Å². The van der Waals surface area contributed by atoms with Crippen LogP contribution < -0.4 is 14.8 Å². The number of nitrogens with zero attached hydrogens (tertiary/aromatic N) is 3. The Labute approximate surface area is 135 Å². The van der Waals surface area contributed by atoms with Crippen LogP contribution in [0.15, 0.2) is 24.5 Å². The molecule has 3 atom stereocenters. The lowest BCUT2D eigenvalue weighted by Crippen LogP contribution is -2.47. The van der Waals surface area contributed by atoms with Gasteiger partial charge < -0.3 is 14.8 Å². The zero-order valence-electron chi connectivity index (χ0n) is 12.9. The Morgan fingerprint density at radius 3 is 3.17 bits per heavy atom. The summed E-state index contributed by atoms with van der Waals surface area (Å²) in [7, 11) is 0. The standard InChI is InChI=1S/C16H20N4O3/c17-9-13-3-1-8-20(13)16(21)15-6-5-12(18-15)11-23-14-4-2-7-19(22)10-14/h2,4,7,10,12-13,15,18H,1,3,5-6,8,11H2/t12-,13+,15+/m1/s1. The van der Waals surface area contributed by atoms with Crippen molar-refractivity contribution in [3.05, 3.63) is 29.7 Å². The fourth-order valence-electron chi connectivity index (χ4n) is 3.23. The first-order chi connectivity index (χ1) is 11.2. The van der Waals surface area contributed by atoms with E-state index in [0.29, 0.717) is 23.6 Å². The van der Waals surface area contributed by atoms with E-state index in [2.05, 4.69) is 11.4 Å². The Bertz CT molecular complexity index is 616. The lowest BCUT2D eigenvalue weighted by Gasteiger charge is -2.23. The van der Waals surface area contributed by atoms with E-state index in [0.717, 1.165) is 25.7 Å². The van der Waals surface area contributed by atoms with Crippen molar-refractivity contribution in [3.63, 3.8) is 0 Å². The molecule has 0 aliphatic carbocycles. The van der Waals surface area contributed by atoms with Crippen LogP contribution in [0.1, 0.15) is 25.7 Å². The molecule has 0 unspecified atom stereocenters. The van der Waals surface area contributed by atoms with Gasteiger partial charge in [0.25, 0.3) is 0 Å². The Morgan fingerprint density at radius 1 is 1.52 bits per heavy atom. The number of pyridine rings is 1. The van der Waals surface area contributed by atoms with E-state index >= 15 is 0 Å². The molecule has 7 heteroatoms. The smallest absolute Gasteiger partial charge is 0.240 e. The number of hydrogen-bond acceptors (Lipinski definition) is 5. The van der Waals surface area contributed by atoms with Crippen molar-refractivity contribution in [3.8, 4) is 11.8 Å². The van der Waals surface area contributed by atoms with Gasteiger partial charge in [0.05, 0.1) is 12.1 Å². The molecular formula is C16H20N4O3. The SMILES string of the molecule is N#C[C@@H]1CCCN1C(=O)[C@@H]1CC[C@H](COc2ccc[n+]([O-])c2)N1. The van der Waals surface area contributed by atoms with Gasteiger partial charge in [-0.25, -0.2) is 0 Å². The molecule has 0 saturated carbocycles. The number of nitriles is 1. The highest BCUT2D eigenvalue weighted by atomic mass is 16.5. The van der Waals surface area contributed by atoms with Crippen molar-refractivity contribution in [2.75, 3.05) is 13.2 Å². The summed E-state index contributed by atoms with van der Waals surface area (Å²) in [5, 5.41) is 23.6. The predicted molar refractivity (Wildman–Crippen MR) is 81.2 cm³/mol. The van der Waals surface area contributed by atoms with E-state index in [-0.39, 0.29) is 24.0 Å².